The Bertz CT molecular complexity index is 1130. The summed E-state index contributed by atoms with van der Waals surface area (Å²) < 4.78 is 17.8. The van der Waals surface area contributed by atoms with Crippen LogP contribution in [0.2, 0.25) is 0 Å². The SMILES string of the molecule is C=CCCCCOC(=O)[C@H]1[C@H]2C(=O)N([C@@H](CC)CO)C(C(=O)N(CC=C)c3ccc(OC)cc3)C23CC[C@]1(CC)O3. The molecular formula is C32H44N2O7. The zero-order chi connectivity index (χ0) is 29.8. The third-order valence-electron chi connectivity index (χ3n) is 9.19. The Hall–Kier alpha value is -3.17. The van der Waals surface area contributed by atoms with E-state index in [1.165, 1.54) is 4.90 Å². The van der Waals surface area contributed by atoms with Crippen molar-refractivity contribution < 1.29 is 33.7 Å². The van der Waals surface area contributed by atoms with Crippen molar-refractivity contribution in [1.29, 1.82) is 0 Å². The van der Waals surface area contributed by atoms with Gasteiger partial charge in [-0.15, -0.1) is 13.2 Å². The van der Waals surface area contributed by atoms with Gasteiger partial charge >= 0.3 is 5.97 Å². The van der Waals surface area contributed by atoms with Crippen LogP contribution in [0.25, 0.3) is 0 Å². The molecule has 41 heavy (non-hydrogen) atoms. The topological polar surface area (TPSA) is 106 Å². The van der Waals surface area contributed by atoms with Gasteiger partial charge in [0.05, 0.1) is 37.9 Å². The lowest BCUT2D eigenvalue weighted by molar-refractivity contribution is -0.162. The molecule has 1 aromatic rings. The van der Waals surface area contributed by atoms with Gasteiger partial charge in [0.15, 0.2) is 0 Å². The van der Waals surface area contributed by atoms with Gasteiger partial charge in [-0.1, -0.05) is 26.0 Å². The second kappa shape index (κ2) is 12.8. The molecule has 0 saturated carbocycles. The number of allylic oxidation sites excluding steroid dienone is 1. The van der Waals surface area contributed by atoms with Gasteiger partial charge in [0.25, 0.3) is 5.91 Å². The highest BCUT2D eigenvalue weighted by molar-refractivity contribution is 6.05. The van der Waals surface area contributed by atoms with E-state index in [2.05, 4.69) is 13.2 Å². The quantitative estimate of drug-likeness (QED) is 0.193. The molecule has 2 amide bonds. The number of aliphatic hydroxyl groups is 1. The van der Waals surface area contributed by atoms with E-state index in [-0.39, 0.29) is 31.6 Å². The number of hydrogen-bond acceptors (Lipinski definition) is 7. The maximum absolute atomic E-state index is 14.6. The number of amides is 2. The fraction of sp³-hybridized carbons (Fsp3) is 0.594. The average molecular weight is 569 g/mol. The molecule has 224 valence electrons. The van der Waals surface area contributed by atoms with Crippen LogP contribution in [0.1, 0.15) is 58.8 Å². The first-order valence-corrected chi connectivity index (χ1v) is 14.8. The largest absolute Gasteiger partial charge is 0.497 e. The summed E-state index contributed by atoms with van der Waals surface area (Å²) in [5.74, 6) is -2.15. The van der Waals surface area contributed by atoms with Crippen LogP contribution in [-0.2, 0) is 23.9 Å². The number of ether oxygens (including phenoxy) is 3. The summed E-state index contributed by atoms with van der Waals surface area (Å²) in [6.45, 7) is 11.5. The molecule has 1 spiro atoms. The second-order valence-electron chi connectivity index (χ2n) is 11.2. The number of unbranched alkanes of at least 4 members (excludes halogenated alkanes) is 2. The van der Waals surface area contributed by atoms with E-state index in [0.29, 0.717) is 43.5 Å². The van der Waals surface area contributed by atoms with Crippen molar-refractivity contribution in [3.8, 4) is 5.75 Å². The summed E-state index contributed by atoms with van der Waals surface area (Å²) in [6, 6.07) is 5.49. The number of methoxy groups -OCH3 is 1. The van der Waals surface area contributed by atoms with Gasteiger partial charge in [0, 0.05) is 12.2 Å². The average Bonchev–Trinajstić information content (AvgIpc) is 3.60. The molecule has 3 fully saturated rings. The van der Waals surface area contributed by atoms with Crippen LogP contribution < -0.4 is 9.64 Å². The Morgan fingerprint density at radius 3 is 2.51 bits per heavy atom. The minimum Gasteiger partial charge on any atom is -0.497 e. The molecule has 3 aliphatic rings. The van der Waals surface area contributed by atoms with Gasteiger partial charge in [-0.2, -0.15) is 0 Å². The lowest BCUT2D eigenvalue weighted by atomic mass is 9.65. The fourth-order valence-corrected chi connectivity index (χ4v) is 7.12. The summed E-state index contributed by atoms with van der Waals surface area (Å²) in [6.07, 6.45) is 7.81. The first-order valence-electron chi connectivity index (χ1n) is 14.8. The summed E-state index contributed by atoms with van der Waals surface area (Å²) in [4.78, 5) is 45.7. The number of anilines is 1. The number of hydrogen-bond donors (Lipinski definition) is 1. The Kier molecular flexibility index (Phi) is 9.59. The van der Waals surface area contributed by atoms with E-state index < -0.39 is 41.1 Å². The molecule has 0 radical (unpaired) electrons. The van der Waals surface area contributed by atoms with Crippen molar-refractivity contribution in [2.75, 3.05) is 31.8 Å². The highest BCUT2D eigenvalue weighted by Gasteiger charge is 2.79. The van der Waals surface area contributed by atoms with Gasteiger partial charge in [0.1, 0.15) is 23.3 Å². The number of carbonyl (C=O) groups excluding carboxylic acids is 3. The molecule has 0 aliphatic carbocycles. The normalized spacial score (nSPS) is 28.7. The molecule has 3 aliphatic heterocycles. The molecule has 9 heteroatoms. The third-order valence-corrected chi connectivity index (χ3v) is 9.19. The minimum atomic E-state index is -1.20. The zero-order valence-corrected chi connectivity index (χ0v) is 24.5. The Morgan fingerprint density at radius 1 is 1.20 bits per heavy atom. The summed E-state index contributed by atoms with van der Waals surface area (Å²) in [7, 11) is 1.57. The van der Waals surface area contributed by atoms with E-state index in [1.54, 1.807) is 42.4 Å². The Morgan fingerprint density at radius 2 is 1.93 bits per heavy atom. The lowest BCUT2D eigenvalue weighted by Crippen LogP contribution is -2.59. The van der Waals surface area contributed by atoms with E-state index >= 15 is 0 Å². The maximum atomic E-state index is 14.6. The molecule has 1 N–H and O–H groups in total. The first kappa shape index (κ1) is 30.8. The summed E-state index contributed by atoms with van der Waals surface area (Å²) >= 11 is 0. The monoisotopic (exact) mass is 568 g/mol. The van der Waals surface area contributed by atoms with Gasteiger partial charge in [-0.3, -0.25) is 14.4 Å². The molecular weight excluding hydrogens is 524 g/mol. The van der Waals surface area contributed by atoms with Gasteiger partial charge in [-0.25, -0.2) is 0 Å². The predicted octanol–water partition coefficient (Wildman–Crippen LogP) is 4.04. The van der Waals surface area contributed by atoms with Crippen LogP contribution in [0.3, 0.4) is 0 Å². The number of aliphatic hydroxyl groups excluding tert-OH is 1. The fourth-order valence-electron chi connectivity index (χ4n) is 7.12. The highest BCUT2D eigenvalue weighted by atomic mass is 16.6. The predicted molar refractivity (Wildman–Crippen MR) is 155 cm³/mol. The summed E-state index contributed by atoms with van der Waals surface area (Å²) in [5, 5.41) is 10.3. The number of benzene rings is 1. The molecule has 4 rings (SSSR count). The smallest absolute Gasteiger partial charge is 0.312 e. The van der Waals surface area contributed by atoms with Crippen molar-refractivity contribution in [3.63, 3.8) is 0 Å². The molecule has 2 bridgehead atoms. The van der Waals surface area contributed by atoms with E-state index in [1.807, 2.05) is 19.9 Å². The number of carbonyl (C=O) groups is 3. The lowest BCUT2D eigenvalue weighted by Gasteiger charge is -2.39. The first-order chi connectivity index (χ1) is 19.8. The van der Waals surface area contributed by atoms with Crippen LogP contribution in [0.15, 0.2) is 49.6 Å². The molecule has 6 atom stereocenters. The van der Waals surface area contributed by atoms with E-state index in [0.717, 1.165) is 12.8 Å². The van der Waals surface area contributed by atoms with Crippen molar-refractivity contribution in [1.82, 2.24) is 4.90 Å². The van der Waals surface area contributed by atoms with E-state index in [9.17, 15) is 19.5 Å². The number of nitrogens with zero attached hydrogens (tertiary/aromatic N) is 2. The van der Waals surface area contributed by atoms with Crippen LogP contribution >= 0.6 is 0 Å². The number of esters is 1. The molecule has 2 unspecified atom stereocenters. The minimum absolute atomic E-state index is 0.204. The zero-order valence-electron chi connectivity index (χ0n) is 24.5. The van der Waals surface area contributed by atoms with Crippen LogP contribution in [-0.4, -0.2) is 77.9 Å². The molecule has 0 aromatic heterocycles. The van der Waals surface area contributed by atoms with Crippen LogP contribution in [0, 0.1) is 11.8 Å². The maximum Gasteiger partial charge on any atom is 0.312 e. The van der Waals surface area contributed by atoms with Crippen LogP contribution in [0.5, 0.6) is 5.75 Å². The summed E-state index contributed by atoms with van der Waals surface area (Å²) in [5.41, 5.74) is -1.47. The van der Waals surface area contributed by atoms with E-state index in [4.69, 9.17) is 14.2 Å². The molecule has 9 nitrogen and oxygen atoms in total. The van der Waals surface area contributed by atoms with Gasteiger partial charge in [0.2, 0.25) is 5.91 Å². The second-order valence-corrected chi connectivity index (χ2v) is 11.2. The van der Waals surface area contributed by atoms with Gasteiger partial charge < -0.3 is 29.1 Å². The number of likely N-dealkylation sites (tertiary alicyclic amines) is 1. The van der Waals surface area contributed by atoms with Crippen molar-refractivity contribution in [3.05, 3.63) is 49.6 Å². The van der Waals surface area contributed by atoms with Crippen molar-refractivity contribution in [2.24, 2.45) is 11.8 Å². The standard InChI is InChI=1S/C32H44N2O7/c1-6-10-11-12-20-40-30(38)26-25-28(36)34(22(8-3)21-35)27(32(25)18-17-31(26,9-4)41-32)29(37)33(19-7-2)23-13-15-24(39-5)16-14-23/h6-7,13-16,22,25-27,35H,1-2,8-12,17-21H2,3-5H3/t22-,25-,26+,27?,31-,32?/m0/s1. The molecule has 3 heterocycles. The number of fused-ring (bicyclic) bond motifs is 1. The van der Waals surface area contributed by atoms with Crippen LogP contribution in [0.4, 0.5) is 5.69 Å². The van der Waals surface area contributed by atoms with Crippen molar-refractivity contribution >= 4 is 23.5 Å². The Balaban J connectivity index is 1.75. The molecule has 3 saturated heterocycles. The van der Waals surface area contributed by atoms with Crippen molar-refractivity contribution in [2.45, 2.75) is 82.1 Å². The molecule has 1 aromatic carbocycles. The number of rotatable bonds is 15. The highest BCUT2D eigenvalue weighted by Crippen LogP contribution is 2.65. The van der Waals surface area contributed by atoms with Gasteiger partial charge in [-0.05, 0) is 69.2 Å². The Labute approximate surface area is 243 Å². The third kappa shape index (κ3) is 5.18.